The van der Waals surface area contributed by atoms with Crippen molar-refractivity contribution in [3.63, 3.8) is 0 Å². The lowest BCUT2D eigenvalue weighted by Crippen LogP contribution is -2.58. The van der Waals surface area contributed by atoms with Crippen molar-refractivity contribution in [3.05, 3.63) is 125 Å². The van der Waals surface area contributed by atoms with Crippen molar-refractivity contribution in [3.8, 4) is 11.5 Å². The highest BCUT2D eigenvalue weighted by Gasteiger charge is 2.46. The maximum Gasteiger partial charge on any atom is 0.302 e. The Bertz CT molecular complexity index is 4110. The van der Waals surface area contributed by atoms with E-state index in [4.69, 9.17) is 71.1 Å². The molecule has 33 nitrogen and oxygen atoms in total. The average Bonchev–Trinajstić information content (AvgIpc) is 0.747. The highest BCUT2D eigenvalue weighted by atomic mass is 16.7. The summed E-state index contributed by atoms with van der Waals surface area (Å²) in [4.78, 5) is 135. The lowest BCUT2D eigenvalue weighted by molar-refractivity contribution is -0.247. The van der Waals surface area contributed by atoms with E-state index >= 15 is 0 Å². The zero-order valence-electron chi connectivity index (χ0n) is 84.5. The van der Waals surface area contributed by atoms with Crippen molar-refractivity contribution in [1.29, 1.82) is 0 Å². The molecule has 4 aromatic rings. The van der Waals surface area contributed by atoms with Gasteiger partial charge in [-0.15, -0.1) is 0 Å². The minimum atomic E-state index is -1.08. The fourth-order valence-electron chi connectivity index (χ4n) is 17.3. The van der Waals surface area contributed by atoms with E-state index in [1.54, 1.807) is 20.3 Å². The number of rotatable bonds is 63. The molecule has 4 amide bonds. The van der Waals surface area contributed by atoms with Gasteiger partial charge in [-0.3, -0.25) is 52.7 Å². The first kappa shape index (κ1) is 119. The Hall–Kier alpha value is -9.07. The van der Waals surface area contributed by atoms with Crippen LogP contribution in [0.1, 0.15) is 260 Å². The average molecular weight is 1940 g/mol. The molecule has 33 heteroatoms. The molecule has 7 rings (SSSR count). The molecule has 138 heavy (non-hydrogen) atoms. The van der Waals surface area contributed by atoms with E-state index in [-0.39, 0.29) is 197 Å². The normalized spacial score (nSPS) is 21.3. The van der Waals surface area contributed by atoms with E-state index in [0.29, 0.717) is 159 Å². The fourth-order valence-corrected chi connectivity index (χ4v) is 17.3. The van der Waals surface area contributed by atoms with Crippen molar-refractivity contribution in [2.24, 2.45) is 40.9 Å². The summed E-state index contributed by atoms with van der Waals surface area (Å²) in [6, 6.07) is 29.9. The van der Waals surface area contributed by atoms with E-state index in [0.717, 1.165) is 47.9 Å². The van der Waals surface area contributed by atoms with E-state index < -0.39 is 47.9 Å². The van der Waals surface area contributed by atoms with Crippen molar-refractivity contribution >= 4 is 70.4 Å². The minimum Gasteiger partial charge on any atom is -0.497 e. The van der Waals surface area contributed by atoms with E-state index in [9.17, 15) is 68.1 Å². The van der Waals surface area contributed by atoms with Gasteiger partial charge in [-0.05, 0) is 170 Å². The molecule has 774 valence electrons. The van der Waals surface area contributed by atoms with Crippen LogP contribution in [0.3, 0.4) is 0 Å². The predicted molar refractivity (Wildman–Crippen MR) is 517 cm³/mol. The largest absolute Gasteiger partial charge is 0.497 e. The Balaban J connectivity index is 0.000000768. The van der Waals surface area contributed by atoms with Gasteiger partial charge < -0.3 is 108 Å². The quantitative estimate of drug-likeness (QED) is 0.00934. The molecule has 0 saturated carbocycles. The summed E-state index contributed by atoms with van der Waals surface area (Å²) in [5.41, 5.74) is 2.83. The monoisotopic (exact) mass is 1940 g/mol. The van der Waals surface area contributed by atoms with Crippen LogP contribution in [0.4, 0.5) is 5.69 Å². The Kier molecular flexibility index (Phi) is 57.0. The molecule has 3 fully saturated rings. The number of carbonyl (C=O) groups excluding carboxylic acids is 11. The van der Waals surface area contributed by atoms with Gasteiger partial charge in [-0.1, -0.05) is 128 Å². The summed E-state index contributed by atoms with van der Waals surface area (Å²) in [5, 5.41) is 41.5. The Morgan fingerprint density at radius 3 is 1.17 bits per heavy atom. The van der Waals surface area contributed by atoms with Gasteiger partial charge in [0.25, 0.3) is 0 Å². The topological polar surface area (TPSA) is 435 Å². The molecule has 3 heterocycles. The number of unbranched alkanes of at least 4 members (excludes halogenated alkanes) is 5. The molecule has 4 aromatic carbocycles. The van der Waals surface area contributed by atoms with Gasteiger partial charge in [-0.25, -0.2) is 0 Å². The number of aliphatic hydroxyl groups is 3. The van der Waals surface area contributed by atoms with E-state index in [1.165, 1.54) is 41.5 Å². The zero-order valence-corrected chi connectivity index (χ0v) is 84.5. The van der Waals surface area contributed by atoms with Crippen LogP contribution < -0.4 is 30.7 Å². The molecule has 3 saturated heterocycles. The van der Waals surface area contributed by atoms with Gasteiger partial charge in [-0.2, -0.15) is 0 Å². The minimum absolute atomic E-state index is 0.00118. The lowest BCUT2D eigenvalue weighted by atomic mass is 9.70. The number of anilines is 1. The van der Waals surface area contributed by atoms with Crippen molar-refractivity contribution in [1.82, 2.24) is 16.0 Å². The first-order chi connectivity index (χ1) is 66.0. The molecule has 3 aliphatic rings. The second kappa shape index (κ2) is 65.8. The number of ketones is 4. The summed E-state index contributed by atoms with van der Waals surface area (Å²) in [6.45, 7) is 28.2. The molecular formula is C105H160N4O29. The molecule has 7 N–H and O–H groups in total. The number of esters is 3. The SMILES string of the molecule is CC(=O)NC1C(O)OC(COC(C)=O)C(C)C1C.CC(=O)NC1C(O)OC(COC(C)=O)C(C)C1C.CCOCCCC(=O)CCC(CCC(=O)CCCOCC)(CCC(=O)CCCOCCOCCOCCOC1OC(COC(C)=O)C(C)C(C)C1NC(C)=O)CC(=O)CCCCCCCCC(=O)Nc1cc(CO)cc(COC(c2ccccc2)(c2ccc(OC)cc2)c2ccc(OC)cc2)c1. The first-order valence-corrected chi connectivity index (χ1v) is 49.2. The fraction of sp³-hybridized carbons (Fsp3) is 0.667. The number of ether oxygens (including phenoxy) is 15. The van der Waals surface area contributed by atoms with E-state index in [2.05, 4.69) is 21.3 Å². The molecule has 0 spiro atoms. The second-order valence-corrected chi connectivity index (χ2v) is 36.3. The Labute approximate surface area is 816 Å². The van der Waals surface area contributed by atoms with Crippen LogP contribution in [-0.2, 0) is 133 Å². The van der Waals surface area contributed by atoms with Gasteiger partial charge >= 0.3 is 17.9 Å². The van der Waals surface area contributed by atoms with Crippen LogP contribution in [0.2, 0.25) is 0 Å². The van der Waals surface area contributed by atoms with Gasteiger partial charge in [0.1, 0.15) is 60.1 Å². The summed E-state index contributed by atoms with van der Waals surface area (Å²) in [5.74, 6) is -0.0841. The number of hydrogen-bond donors (Lipinski definition) is 7. The molecule has 0 aliphatic carbocycles. The highest BCUT2D eigenvalue weighted by Crippen LogP contribution is 2.45. The zero-order chi connectivity index (χ0) is 102. The Morgan fingerprint density at radius 1 is 0.391 bits per heavy atom. The summed E-state index contributed by atoms with van der Waals surface area (Å²) in [6.07, 6.45) is 6.20. The van der Waals surface area contributed by atoms with Gasteiger partial charge in [0.15, 0.2) is 18.9 Å². The van der Waals surface area contributed by atoms with Crippen LogP contribution in [0, 0.1) is 40.9 Å². The van der Waals surface area contributed by atoms with Crippen molar-refractivity contribution in [2.75, 3.05) is 112 Å². The third-order valence-corrected chi connectivity index (χ3v) is 25.8. The number of amides is 4. The van der Waals surface area contributed by atoms with Crippen LogP contribution in [0.25, 0.3) is 0 Å². The second-order valence-electron chi connectivity index (χ2n) is 36.3. The summed E-state index contributed by atoms with van der Waals surface area (Å²) < 4.78 is 84.3. The summed E-state index contributed by atoms with van der Waals surface area (Å²) in [7, 11) is 3.26. The maximum absolute atomic E-state index is 14.1. The lowest BCUT2D eigenvalue weighted by Gasteiger charge is -2.44. The number of methoxy groups -OCH3 is 2. The molecule has 0 bridgehead atoms. The van der Waals surface area contributed by atoms with Crippen molar-refractivity contribution in [2.45, 2.75) is 306 Å². The van der Waals surface area contributed by atoms with Gasteiger partial charge in [0, 0.05) is 138 Å². The van der Waals surface area contributed by atoms with Crippen molar-refractivity contribution < 1.29 is 139 Å². The number of benzene rings is 4. The van der Waals surface area contributed by atoms with Crippen LogP contribution in [0.5, 0.6) is 11.5 Å². The van der Waals surface area contributed by atoms with E-state index in [1.807, 2.05) is 146 Å². The van der Waals surface area contributed by atoms with Gasteiger partial charge in [0.2, 0.25) is 23.6 Å². The number of Topliss-reactive ketones (excluding diaryl/α,β-unsaturated/α-hetero) is 4. The maximum atomic E-state index is 14.1. The van der Waals surface area contributed by atoms with Gasteiger partial charge in [0.05, 0.1) is 104 Å². The number of carbonyl (C=O) groups is 11. The molecular weight excluding hydrogens is 1780 g/mol. The molecule has 15 unspecified atom stereocenters. The smallest absolute Gasteiger partial charge is 0.302 e. The Morgan fingerprint density at radius 2 is 0.761 bits per heavy atom. The predicted octanol–water partition coefficient (Wildman–Crippen LogP) is 13.4. The third kappa shape index (κ3) is 44.0. The number of nitrogens with one attached hydrogen (secondary N) is 4. The first-order valence-electron chi connectivity index (χ1n) is 49.2. The molecule has 0 aromatic heterocycles. The third-order valence-electron chi connectivity index (χ3n) is 25.8. The van der Waals surface area contributed by atoms with Crippen LogP contribution in [0.15, 0.2) is 97.1 Å². The number of aliphatic hydroxyl groups excluding tert-OH is 3. The number of hydrogen-bond acceptors (Lipinski definition) is 29. The highest BCUT2D eigenvalue weighted by molar-refractivity contribution is 5.91. The molecule has 0 radical (unpaired) electrons. The van der Waals surface area contributed by atoms with Crippen LogP contribution in [-0.4, -0.2) is 242 Å². The van der Waals surface area contributed by atoms with Crippen LogP contribution >= 0.6 is 0 Å². The molecule has 3 aliphatic heterocycles. The summed E-state index contributed by atoms with van der Waals surface area (Å²) >= 11 is 0. The standard InChI is InChI=1S/C81H118N2O19.2C12H21NO5/c1-9-94-44-20-26-70(87)38-41-80(42-39-71(88)27-21-45-95-10-2,43-40-72(89)28-22-46-96-47-48-97-49-50-98-51-52-99-79-78(82-62(5)85)61(4)60(3)76(102-79)59-100-63(6)86)56-73(90)25-18-13-11-12-14-19-29-77(91)83-69-54-64(57-84)53-65(55-69)58-101-81(66-23-16-15-17-24-66,67-30-34-74(92-7)35-31-67)68-32-36-75(93-8)37-33-68;2*1-6-7(2)11(13-8(3)14)12(16)18-10(6)5-17-9(4)15/h15-17,23-24,30-37,53-55,60-61,76,78-79,84H,9-14,18-22,25-29,38-52,56-59H2,1-8H3,(H,82,85)(H,83,91);2*6-7,10-12,16H,5H2,1-4H3,(H,13,14). The molecule has 15 atom stereocenters.